The first kappa shape index (κ1) is 25.2. The number of nitrogens with one attached hydrogen (secondary N) is 2. The lowest BCUT2D eigenvalue weighted by Crippen LogP contribution is -2.40. The molecule has 9 heteroatoms. The topological polar surface area (TPSA) is 119 Å². The number of rotatable bonds is 7. The van der Waals surface area contributed by atoms with E-state index in [4.69, 9.17) is 4.74 Å². The van der Waals surface area contributed by atoms with Gasteiger partial charge < -0.3 is 10.1 Å². The summed E-state index contributed by atoms with van der Waals surface area (Å²) in [5.74, 6) is -1.68. The minimum absolute atomic E-state index is 0.0329. The molecule has 172 valence electrons. The van der Waals surface area contributed by atoms with Crippen molar-refractivity contribution in [1.82, 2.24) is 4.72 Å². The quantitative estimate of drug-likeness (QED) is 0.482. The molecule has 1 atom stereocenters. The maximum absolute atomic E-state index is 12.7. The highest BCUT2D eigenvalue weighted by Gasteiger charge is 2.25. The Morgan fingerprint density at radius 1 is 1.00 bits per heavy atom. The Balaban J connectivity index is 2.20. The highest BCUT2D eigenvalue weighted by molar-refractivity contribution is 7.89. The molecule has 0 heterocycles. The third-order valence-electron chi connectivity index (χ3n) is 4.40. The van der Waals surface area contributed by atoms with Gasteiger partial charge in [0.15, 0.2) is 11.9 Å². The van der Waals surface area contributed by atoms with Crippen LogP contribution in [0.3, 0.4) is 0 Å². The van der Waals surface area contributed by atoms with Crippen molar-refractivity contribution >= 4 is 33.4 Å². The molecule has 0 aromatic heterocycles. The Bertz CT molecular complexity index is 1150. The lowest BCUT2D eigenvalue weighted by Gasteiger charge is -2.21. The van der Waals surface area contributed by atoms with E-state index in [0.29, 0.717) is 16.8 Å². The standard InChI is InChI=1S/C23H28N2O6S/c1-14-11-12-17(32(29,30)25-23(4,5)6)13-19(14)22(28)31-16(3)21(27)24-20-10-8-7-9-18(20)15(2)26/h7-13,16,25H,1-6H3,(H,24,27). The third-order valence-corrected chi connectivity index (χ3v) is 6.15. The molecule has 32 heavy (non-hydrogen) atoms. The molecule has 0 aliphatic rings. The molecule has 8 nitrogen and oxygen atoms in total. The molecule has 0 bridgehead atoms. The van der Waals surface area contributed by atoms with E-state index in [0.717, 1.165) is 0 Å². The molecule has 1 unspecified atom stereocenters. The molecule has 2 aromatic carbocycles. The highest BCUT2D eigenvalue weighted by Crippen LogP contribution is 2.20. The number of amides is 1. The summed E-state index contributed by atoms with van der Waals surface area (Å²) in [6.07, 6.45) is -1.19. The molecular formula is C23H28N2O6S. The molecule has 0 radical (unpaired) electrons. The summed E-state index contributed by atoms with van der Waals surface area (Å²) in [7, 11) is -3.86. The van der Waals surface area contributed by atoms with Gasteiger partial charge in [0.05, 0.1) is 16.1 Å². The molecule has 0 spiro atoms. The number of hydrogen-bond acceptors (Lipinski definition) is 6. The van der Waals surface area contributed by atoms with E-state index in [2.05, 4.69) is 10.0 Å². The summed E-state index contributed by atoms with van der Waals surface area (Å²) >= 11 is 0. The molecular weight excluding hydrogens is 432 g/mol. The summed E-state index contributed by atoms with van der Waals surface area (Å²) < 4.78 is 33.0. The first-order chi connectivity index (χ1) is 14.7. The van der Waals surface area contributed by atoms with Gasteiger partial charge in [0, 0.05) is 11.1 Å². The minimum Gasteiger partial charge on any atom is -0.449 e. The van der Waals surface area contributed by atoms with Crippen LogP contribution in [0.5, 0.6) is 0 Å². The maximum atomic E-state index is 12.7. The number of esters is 1. The van der Waals surface area contributed by atoms with E-state index >= 15 is 0 Å². The van der Waals surface area contributed by atoms with Crippen LogP contribution in [0.15, 0.2) is 47.4 Å². The van der Waals surface area contributed by atoms with Gasteiger partial charge in [0.2, 0.25) is 10.0 Å². The van der Waals surface area contributed by atoms with Crippen LogP contribution in [0.4, 0.5) is 5.69 Å². The second-order valence-corrected chi connectivity index (χ2v) is 10.2. The zero-order valence-corrected chi connectivity index (χ0v) is 19.8. The van der Waals surface area contributed by atoms with Crippen molar-refractivity contribution in [2.75, 3.05) is 5.32 Å². The molecule has 2 aromatic rings. The Morgan fingerprint density at radius 2 is 1.62 bits per heavy atom. The second kappa shape index (κ2) is 9.62. The molecule has 0 aliphatic heterocycles. The number of aryl methyl sites for hydroxylation is 1. The smallest absolute Gasteiger partial charge is 0.339 e. The number of carbonyl (C=O) groups excluding carboxylic acids is 3. The van der Waals surface area contributed by atoms with Crippen LogP contribution in [0, 0.1) is 6.92 Å². The van der Waals surface area contributed by atoms with Gasteiger partial charge in [-0.2, -0.15) is 0 Å². The molecule has 0 saturated heterocycles. The zero-order valence-electron chi connectivity index (χ0n) is 19.0. The minimum atomic E-state index is -3.86. The lowest BCUT2D eigenvalue weighted by molar-refractivity contribution is -0.123. The molecule has 0 fully saturated rings. The Hall–Kier alpha value is -3.04. The SMILES string of the molecule is CC(=O)c1ccccc1NC(=O)C(C)OC(=O)c1cc(S(=O)(=O)NC(C)(C)C)ccc1C. The van der Waals surface area contributed by atoms with Gasteiger partial charge in [-0.1, -0.05) is 18.2 Å². The van der Waals surface area contributed by atoms with E-state index in [9.17, 15) is 22.8 Å². The average Bonchev–Trinajstić information content (AvgIpc) is 2.66. The number of carbonyl (C=O) groups is 3. The number of sulfonamides is 1. The highest BCUT2D eigenvalue weighted by atomic mass is 32.2. The van der Waals surface area contributed by atoms with Crippen molar-refractivity contribution in [2.24, 2.45) is 0 Å². The van der Waals surface area contributed by atoms with E-state index in [-0.39, 0.29) is 16.2 Å². The predicted molar refractivity (Wildman–Crippen MR) is 121 cm³/mol. The van der Waals surface area contributed by atoms with E-state index in [1.54, 1.807) is 52.0 Å². The van der Waals surface area contributed by atoms with Crippen LogP contribution < -0.4 is 10.0 Å². The predicted octanol–water partition coefficient (Wildman–Crippen LogP) is 3.46. The number of ether oxygens (including phenoxy) is 1. The Morgan fingerprint density at radius 3 is 2.22 bits per heavy atom. The van der Waals surface area contributed by atoms with Crippen molar-refractivity contribution in [3.63, 3.8) is 0 Å². The average molecular weight is 461 g/mol. The van der Waals surface area contributed by atoms with Gasteiger partial charge in [-0.25, -0.2) is 17.9 Å². The largest absolute Gasteiger partial charge is 0.449 e. The van der Waals surface area contributed by atoms with Crippen LogP contribution in [0.25, 0.3) is 0 Å². The Labute approximate surface area is 188 Å². The third kappa shape index (κ3) is 6.48. The van der Waals surface area contributed by atoms with Crippen molar-refractivity contribution in [3.8, 4) is 0 Å². The van der Waals surface area contributed by atoms with Gasteiger partial charge in [0.1, 0.15) is 0 Å². The van der Waals surface area contributed by atoms with Crippen molar-refractivity contribution in [3.05, 3.63) is 59.2 Å². The summed E-state index contributed by atoms with van der Waals surface area (Å²) in [5.41, 5.74) is 0.474. The van der Waals surface area contributed by atoms with Gasteiger partial charge >= 0.3 is 5.97 Å². The summed E-state index contributed by atoms with van der Waals surface area (Å²) in [5, 5.41) is 2.58. The zero-order chi connectivity index (χ0) is 24.3. The summed E-state index contributed by atoms with van der Waals surface area (Å²) in [6, 6.07) is 10.6. The van der Waals surface area contributed by atoms with Gasteiger partial charge in [-0.05, 0) is 71.4 Å². The number of anilines is 1. The molecule has 2 rings (SSSR count). The van der Waals surface area contributed by atoms with Gasteiger partial charge in [0.25, 0.3) is 5.91 Å². The van der Waals surface area contributed by atoms with Crippen LogP contribution in [0.1, 0.15) is 60.9 Å². The number of ketones is 1. The number of benzene rings is 2. The van der Waals surface area contributed by atoms with Gasteiger partial charge in [-0.15, -0.1) is 0 Å². The van der Waals surface area contributed by atoms with Crippen molar-refractivity contribution < 1.29 is 27.5 Å². The van der Waals surface area contributed by atoms with Crippen molar-refractivity contribution in [1.29, 1.82) is 0 Å². The number of para-hydroxylation sites is 1. The molecule has 0 saturated carbocycles. The van der Waals surface area contributed by atoms with E-state index in [1.807, 2.05) is 0 Å². The normalized spacial score (nSPS) is 12.7. The van der Waals surface area contributed by atoms with Crippen LogP contribution in [-0.2, 0) is 19.6 Å². The van der Waals surface area contributed by atoms with Crippen LogP contribution in [-0.4, -0.2) is 37.7 Å². The van der Waals surface area contributed by atoms with Crippen molar-refractivity contribution in [2.45, 2.75) is 58.1 Å². The Kier molecular flexibility index (Phi) is 7.58. The number of Topliss-reactive ketones (excluding diaryl/α,β-unsaturated/α-hetero) is 1. The monoisotopic (exact) mass is 460 g/mol. The first-order valence-electron chi connectivity index (χ1n) is 9.98. The van der Waals surface area contributed by atoms with Gasteiger partial charge in [-0.3, -0.25) is 9.59 Å². The molecule has 1 amide bonds. The second-order valence-electron chi connectivity index (χ2n) is 8.47. The van der Waals surface area contributed by atoms with E-state index < -0.39 is 33.5 Å². The fourth-order valence-corrected chi connectivity index (χ4v) is 4.31. The van der Waals surface area contributed by atoms with E-state index in [1.165, 1.54) is 32.0 Å². The fraction of sp³-hybridized carbons (Fsp3) is 0.348. The number of hydrogen-bond donors (Lipinski definition) is 2. The lowest BCUT2D eigenvalue weighted by atomic mass is 10.1. The van der Waals surface area contributed by atoms with Crippen LogP contribution >= 0.6 is 0 Å². The molecule has 2 N–H and O–H groups in total. The summed E-state index contributed by atoms with van der Waals surface area (Å²) in [4.78, 5) is 36.9. The fourth-order valence-electron chi connectivity index (χ4n) is 2.86. The van der Waals surface area contributed by atoms with Crippen LogP contribution in [0.2, 0.25) is 0 Å². The summed E-state index contributed by atoms with van der Waals surface area (Å²) in [6.45, 7) is 9.53. The molecule has 0 aliphatic carbocycles. The first-order valence-corrected chi connectivity index (χ1v) is 11.5. The maximum Gasteiger partial charge on any atom is 0.339 e.